The monoisotopic (exact) mass is 549 g/mol. The number of hydrogen-bond donors (Lipinski definition) is 2. The van der Waals surface area contributed by atoms with Crippen molar-refractivity contribution < 1.29 is 45.8 Å². The van der Waals surface area contributed by atoms with E-state index in [1.807, 2.05) is 0 Å². The van der Waals surface area contributed by atoms with Crippen molar-refractivity contribution in [2.45, 2.75) is 57.4 Å². The number of carbonyl (C=O) groups is 2. The van der Waals surface area contributed by atoms with Crippen LogP contribution < -0.4 is 5.32 Å². The van der Waals surface area contributed by atoms with Gasteiger partial charge in [0, 0.05) is 5.25 Å². The van der Waals surface area contributed by atoms with Gasteiger partial charge >= 0.3 is 18.3 Å². The lowest BCUT2D eigenvalue weighted by Gasteiger charge is -2.32. The first-order valence-electron chi connectivity index (χ1n) is 11.2. The molecule has 1 amide bonds. The van der Waals surface area contributed by atoms with Gasteiger partial charge < -0.3 is 15.2 Å². The van der Waals surface area contributed by atoms with E-state index in [-0.39, 0.29) is 17.9 Å². The molecule has 3 rings (SSSR count). The van der Waals surface area contributed by atoms with Gasteiger partial charge in [0.1, 0.15) is 18.4 Å². The van der Waals surface area contributed by atoms with E-state index in [4.69, 9.17) is 4.74 Å². The van der Waals surface area contributed by atoms with Gasteiger partial charge in [-0.05, 0) is 35.6 Å². The number of nitrogens with one attached hydrogen (secondary N) is 1. The molecule has 0 radical (unpaired) electrons. The third-order valence-corrected chi connectivity index (χ3v) is 7.73. The zero-order valence-corrected chi connectivity index (χ0v) is 20.9. The molecule has 12 heteroatoms. The van der Waals surface area contributed by atoms with Crippen LogP contribution in [0.5, 0.6) is 0 Å². The van der Waals surface area contributed by atoms with E-state index in [1.165, 1.54) is 24.3 Å². The smallest absolute Gasteiger partial charge is 0.421 e. The normalized spacial score (nSPS) is 20.8. The standard InChI is InChI=1S/C25H25F6NO4S/c1-4-23(2,3)20(22(34)35)32-21(33)15-9-10-17-16(11-18(37-17)25(29,30)31)19(15)36-12-13-5-7-14(8-6-13)24(26,27)28/h5-11,16-17,20H,4,12H2,1-3H3,(H,32,33)(H,34,35). The Morgan fingerprint density at radius 1 is 1.08 bits per heavy atom. The molecule has 2 aliphatic rings. The molecule has 5 nitrogen and oxygen atoms in total. The first kappa shape index (κ1) is 28.7. The maximum absolute atomic E-state index is 13.4. The maximum Gasteiger partial charge on any atom is 0.421 e. The summed E-state index contributed by atoms with van der Waals surface area (Å²) in [6, 6.07) is 2.75. The molecule has 3 atom stereocenters. The van der Waals surface area contributed by atoms with E-state index in [1.54, 1.807) is 20.8 Å². The van der Waals surface area contributed by atoms with E-state index in [9.17, 15) is 41.0 Å². The Bertz CT molecular complexity index is 1140. The van der Waals surface area contributed by atoms with E-state index in [0.717, 1.165) is 18.2 Å². The quantitative estimate of drug-likeness (QED) is 0.376. The van der Waals surface area contributed by atoms with E-state index in [2.05, 4.69) is 5.32 Å². The van der Waals surface area contributed by atoms with Crippen LogP contribution in [0.4, 0.5) is 26.3 Å². The van der Waals surface area contributed by atoms with Crippen LogP contribution in [0.15, 0.2) is 58.7 Å². The van der Waals surface area contributed by atoms with E-state index >= 15 is 0 Å². The van der Waals surface area contributed by atoms with Crippen molar-refractivity contribution in [3.8, 4) is 0 Å². The average molecular weight is 550 g/mol. The summed E-state index contributed by atoms with van der Waals surface area (Å²) in [4.78, 5) is 24.2. The topological polar surface area (TPSA) is 75.6 Å². The molecule has 2 N–H and O–H groups in total. The number of fused-ring (bicyclic) bond motifs is 1. The first-order valence-corrected chi connectivity index (χ1v) is 12.1. The molecule has 0 bridgehead atoms. The van der Waals surface area contributed by atoms with Crippen LogP contribution in [0, 0.1) is 11.3 Å². The van der Waals surface area contributed by atoms with Gasteiger partial charge in [-0.1, -0.05) is 45.1 Å². The molecule has 3 unspecified atom stereocenters. The Morgan fingerprint density at radius 3 is 2.22 bits per heavy atom. The fraction of sp³-hybridized carbons (Fsp3) is 0.440. The second-order valence-electron chi connectivity index (χ2n) is 9.34. The van der Waals surface area contributed by atoms with Crippen molar-refractivity contribution in [1.82, 2.24) is 5.32 Å². The van der Waals surface area contributed by atoms with Gasteiger partial charge in [0.05, 0.1) is 22.0 Å². The van der Waals surface area contributed by atoms with Crippen molar-refractivity contribution in [3.63, 3.8) is 0 Å². The largest absolute Gasteiger partial charge is 0.492 e. The molecule has 0 saturated carbocycles. The minimum absolute atomic E-state index is 0.116. The highest BCUT2D eigenvalue weighted by Gasteiger charge is 2.45. The van der Waals surface area contributed by atoms with Gasteiger partial charge in [-0.15, -0.1) is 11.8 Å². The molecule has 0 fully saturated rings. The van der Waals surface area contributed by atoms with E-state index in [0.29, 0.717) is 23.7 Å². The first-order chi connectivity index (χ1) is 17.0. The predicted molar refractivity (Wildman–Crippen MR) is 125 cm³/mol. The summed E-state index contributed by atoms with van der Waals surface area (Å²) in [5, 5.41) is 11.4. The van der Waals surface area contributed by atoms with Crippen LogP contribution in [0.2, 0.25) is 0 Å². The van der Waals surface area contributed by atoms with Gasteiger partial charge in [-0.2, -0.15) is 26.3 Å². The Balaban J connectivity index is 1.95. The fourth-order valence-electron chi connectivity index (χ4n) is 3.83. The SMILES string of the molecule is CCC(C)(C)C(NC(=O)C1=C(OCc2ccc(C(F)(F)F)cc2)C2C=C(C(F)(F)F)SC2C=C1)C(=O)O. The van der Waals surface area contributed by atoms with Gasteiger partial charge in [0.15, 0.2) is 0 Å². The number of alkyl halides is 6. The highest BCUT2D eigenvalue weighted by Crippen LogP contribution is 2.50. The number of benzene rings is 1. The van der Waals surface area contributed by atoms with Crippen LogP contribution in [0.1, 0.15) is 38.3 Å². The molecule has 202 valence electrons. The summed E-state index contributed by atoms with van der Waals surface area (Å²) >= 11 is 0.556. The summed E-state index contributed by atoms with van der Waals surface area (Å²) in [6.45, 7) is 4.75. The number of aliphatic carboxylic acids is 1. The third kappa shape index (κ3) is 6.52. The number of halogens is 6. The average Bonchev–Trinajstić information content (AvgIpc) is 3.25. The van der Waals surface area contributed by atoms with Crippen LogP contribution in [0.3, 0.4) is 0 Å². The van der Waals surface area contributed by atoms with Crippen LogP contribution in [-0.4, -0.2) is 34.5 Å². The Hall–Kier alpha value is -2.89. The van der Waals surface area contributed by atoms with Crippen LogP contribution in [-0.2, 0) is 27.1 Å². The van der Waals surface area contributed by atoms with Crippen LogP contribution in [0.25, 0.3) is 0 Å². The number of carboxylic acids is 1. The molecule has 0 aromatic heterocycles. The second-order valence-corrected chi connectivity index (χ2v) is 10.6. The zero-order chi connectivity index (χ0) is 27.8. The lowest BCUT2D eigenvalue weighted by molar-refractivity contribution is -0.144. The minimum atomic E-state index is -4.61. The highest BCUT2D eigenvalue weighted by molar-refractivity contribution is 8.04. The third-order valence-electron chi connectivity index (χ3n) is 6.38. The predicted octanol–water partition coefficient (Wildman–Crippen LogP) is 6.23. The summed E-state index contributed by atoms with van der Waals surface area (Å²) in [5.41, 5.74) is -1.56. The Labute approximate surface area is 213 Å². The lowest BCUT2D eigenvalue weighted by atomic mass is 9.81. The number of carbonyl (C=O) groups excluding carboxylic acids is 1. The molecule has 1 heterocycles. The summed E-state index contributed by atoms with van der Waals surface area (Å²) in [5.74, 6) is -3.22. The van der Waals surface area contributed by atoms with Crippen molar-refractivity contribution in [2.24, 2.45) is 11.3 Å². The maximum atomic E-state index is 13.4. The molecule has 1 aromatic rings. The van der Waals surface area contributed by atoms with Crippen molar-refractivity contribution in [3.05, 3.63) is 69.9 Å². The fourth-order valence-corrected chi connectivity index (χ4v) is 4.99. The number of carboxylic acid groups (broad SMARTS) is 1. The number of hydrogen-bond acceptors (Lipinski definition) is 4. The Kier molecular flexibility index (Phi) is 8.11. The van der Waals surface area contributed by atoms with Gasteiger partial charge in [0.25, 0.3) is 5.91 Å². The number of amides is 1. The molecule has 37 heavy (non-hydrogen) atoms. The lowest BCUT2D eigenvalue weighted by Crippen LogP contribution is -2.50. The molecule has 1 aromatic carbocycles. The number of thioether (sulfide) groups is 1. The summed E-state index contributed by atoms with van der Waals surface area (Å²) in [6.07, 6.45) is -5.09. The van der Waals surface area contributed by atoms with Crippen molar-refractivity contribution in [2.75, 3.05) is 0 Å². The van der Waals surface area contributed by atoms with Gasteiger partial charge in [-0.25, -0.2) is 4.79 Å². The van der Waals surface area contributed by atoms with Crippen molar-refractivity contribution >= 4 is 23.6 Å². The molecule has 1 aliphatic heterocycles. The Morgan fingerprint density at radius 2 is 1.70 bits per heavy atom. The molecule has 0 saturated heterocycles. The zero-order valence-electron chi connectivity index (χ0n) is 20.0. The summed E-state index contributed by atoms with van der Waals surface area (Å²) < 4.78 is 84.5. The number of rotatable bonds is 8. The van der Waals surface area contributed by atoms with E-state index < -0.39 is 57.3 Å². The van der Waals surface area contributed by atoms with Crippen LogP contribution >= 0.6 is 11.8 Å². The van der Waals surface area contributed by atoms with Crippen molar-refractivity contribution in [1.29, 1.82) is 0 Å². The molecular weight excluding hydrogens is 524 g/mol. The molecule has 1 aliphatic carbocycles. The number of ether oxygens (including phenoxy) is 1. The highest BCUT2D eigenvalue weighted by atomic mass is 32.2. The molecular formula is C25H25F6NO4S. The minimum Gasteiger partial charge on any atom is -0.492 e. The summed E-state index contributed by atoms with van der Waals surface area (Å²) in [7, 11) is 0. The second kappa shape index (κ2) is 10.5. The molecule has 0 spiro atoms. The van der Waals surface area contributed by atoms with Gasteiger partial charge in [-0.3, -0.25) is 4.79 Å². The number of allylic oxidation sites excluding steroid dienone is 2. The van der Waals surface area contributed by atoms with Gasteiger partial charge in [0.2, 0.25) is 0 Å².